The summed E-state index contributed by atoms with van der Waals surface area (Å²) in [4.78, 5) is 2.12. The van der Waals surface area contributed by atoms with Crippen LogP contribution in [0.15, 0.2) is 24.3 Å². The smallest absolute Gasteiger partial charge is 0.406 e. The first kappa shape index (κ1) is 16.1. The van der Waals surface area contributed by atoms with Crippen molar-refractivity contribution in [2.24, 2.45) is 5.73 Å². The summed E-state index contributed by atoms with van der Waals surface area (Å²) in [5, 5.41) is 0. The summed E-state index contributed by atoms with van der Waals surface area (Å²) in [6.45, 7) is 2.26. The molecule has 7 heteroatoms. The van der Waals surface area contributed by atoms with Crippen molar-refractivity contribution in [3.05, 3.63) is 29.8 Å². The Hall–Kier alpha value is -0.980. The van der Waals surface area contributed by atoms with Crippen molar-refractivity contribution in [2.45, 2.75) is 25.4 Å². The Morgan fingerprint density at radius 3 is 2.68 bits per heavy atom. The fraction of sp³-hybridized carbons (Fsp3) is 0.500. The lowest BCUT2D eigenvalue weighted by Gasteiger charge is -2.16. The highest BCUT2D eigenvalue weighted by Gasteiger charge is 2.31. The number of alkyl halides is 3. The normalized spacial score (nSPS) is 20.1. The quantitative estimate of drug-likeness (QED) is 0.931. The second-order valence-electron chi connectivity index (χ2n) is 4.48. The lowest BCUT2D eigenvalue weighted by molar-refractivity contribution is -0.274. The lowest BCUT2D eigenvalue weighted by atomic mass is 10.2. The summed E-state index contributed by atoms with van der Waals surface area (Å²) < 4.78 is 40.1. The summed E-state index contributed by atoms with van der Waals surface area (Å²) in [6, 6.07) is 6.23. The zero-order chi connectivity index (χ0) is 13.2. The molecule has 1 aliphatic rings. The number of likely N-dealkylation sites (tertiary alicyclic amines) is 1. The third-order valence-electron chi connectivity index (χ3n) is 2.85. The average molecular weight is 297 g/mol. The number of halogens is 4. The topological polar surface area (TPSA) is 38.5 Å². The fourth-order valence-corrected chi connectivity index (χ4v) is 2.11. The highest BCUT2D eigenvalue weighted by atomic mass is 35.5. The minimum Gasteiger partial charge on any atom is -0.406 e. The molecular formula is C12H16ClF3N2O. The SMILES string of the molecule is Cl.NC1CCN(Cc2cccc(OC(F)(F)F)c2)C1. The molecule has 19 heavy (non-hydrogen) atoms. The molecule has 0 saturated carbocycles. The fourth-order valence-electron chi connectivity index (χ4n) is 2.11. The molecule has 0 aliphatic carbocycles. The van der Waals surface area contributed by atoms with Crippen LogP contribution in [0, 0.1) is 0 Å². The first-order valence-corrected chi connectivity index (χ1v) is 5.75. The van der Waals surface area contributed by atoms with E-state index in [9.17, 15) is 13.2 Å². The van der Waals surface area contributed by atoms with E-state index >= 15 is 0 Å². The van der Waals surface area contributed by atoms with Gasteiger partial charge in [0.1, 0.15) is 5.75 Å². The summed E-state index contributed by atoms with van der Waals surface area (Å²) in [7, 11) is 0. The van der Waals surface area contributed by atoms with Gasteiger partial charge in [-0.25, -0.2) is 0 Å². The molecule has 1 aromatic rings. The summed E-state index contributed by atoms with van der Waals surface area (Å²) in [6.07, 6.45) is -3.71. The maximum absolute atomic E-state index is 12.1. The predicted octanol–water partition coefficient (Wildman–Crippen LogP) is 2.54. The van der Waals surface area contributed by atoms with E-state index in [0.29, 0.717) is 6.54 Å². The van der Waals surface area contributed by atoms with Crippen molar-refractivity contribution in [3.63, 3.8) is 0 Å². The molecule has 2 rings (SSSR count). The molecule has 1 fully saturated rings. The molecule has 0 spiro atoms. The van der Waals surface area contributed by atoms with Crippen molar-refractivity contribution in [3.8, 4) is 5.75 Å². The number of nitrogens with two attached hydrogens (primary N) is 1. The second-order valence-corrected chi connectivity index (χ2v) is 4.48. The number of benzene rings is 1. The van der Waals surface area contributed by atoms with Gasteiger partial charge in [-0.05, 0) is 24.1 Å². The molecule has 108 valence electrons. The molecule has 0 bridgehead atoms. The Kier molecular flexibility index (Phi) is 5.46. The molecule has 1 aliphatic heterocycles. The van der Waals surface area contributed by atoms with E-state index < -0.39 is 6.36 Å². The van der Waals surface area contributed by atoms with Crippen molar-refractivity contribution < 1.29 is 17.9 Å². The Balaban J connectivity index is 0.00000180. The molecule has 0 radical (unpaired) electrons. The predicted molar refractivity (Wildman–Crippen MR) is 68.2 cm³/mol. The maximum Gasteiger partial charge on any atom is 0.573 e. The van der Waals surface area contributed by atoms with Gasteiger partial charge in [-0.15, -0.1) is 25.6 Å². The van der Waals surface area contributed by atoms with Crippen LogP contribution in [0.3, 0.4) is 0 Å². The molecule has 3 nitrogen and oxygen atoms in total. The van der Waals surface area contributed by atoms with Crippen LogP contribution in [-0.4, -0.2) is 30.4 Å². The third kappa shape index (κ3) is 5.26. The minimum atomic E-state index is -4.64. The number of hydrogen-bond acceptors (Lipinski definition) is 3. The van der Waals surface area contributed by atoms with Crippen molar-refractivity contribution in [1.82, 2.24) is 4.90 Å². The molecule has 0 amide bonds. The molecular weight excluding hydrogens is 281 g/mol. The van der Waals surface area contributed by atoms with Crippen molar-refractivity contribution in [2.75, 3.05) is 13.1 Å². The van der Waals surface area contributed by atoms with E-state index in [4.69, 9.17) is 5.73 Å². The maximum atomic E-state index is 12.1. The highest BCUT2D eigenvalue weighted by molar-refractivity contribution is 5.85. The van der Waals surface area contributed by atoms with Crippen LogP contribution < -0.4 is 10.5 Å². The zero-order valence-corrected chi connectivity index (χ0v) is 11.0. The highest BCUT2D eigenvalue weighted by Crippen LogP contribution is 2.24. The number of ether oxygens (including phenoxy) is 1. The van der Waals surface area contributed by atoms with Crippen LogP contribution in [-0.2, 0) is 6.54 Å². The molecule has 1 atom stereocenters. The van der Waals surface area contributed by atoms with E-state index in [1.807, 2.05) is 0 Å². The first-order valence-electron chi connectivity index (χ1n) is 5.75. The Bertz CT molecular complexity index is 414. The van der Waals surface area contributed by atoms with Crippen LogP contribution in [0.1, 0.15) is 12.0 Å². The average Bonchev–Trinajstić information content (AvgIpc) is 2.62. The Labute approximate surface area is 115 Å². The van der Waals surface area contributed by atoms with Crippen LogP contribution in [0.2, 0.25) is 0 Å². The molecule has 1 heterocycles. The molecule has 1 aromatic carbocycles. The van der Waals surface area contributed by atoms with E-state index in [2.05, 4.69) is 9.64 Å². The second kappa shape index (κ2) is 6.45. The van der Waals surface area contributed by atoms with Crippen LogP contribution in [0.5, 0.6) is 5.75 Å². The van der Waals surface area contributed by atoms with Crippen LogP contribution in [0.4, 0.5) is 13.2 Å². The first-order chi connectivity index (χ1) is 8.42. The number of rotatable bonds is 3. The van der Waals surface area contributed by atoms with Gasteiger partial charge < -0.3 is 10.5 Å². The molecule has 2 N–H and O–H groups in total. The number of nitrogens with zero attached hydrogens (tertiary/aromatic N) is 1. The third-order valence-corrected chi connectivity index (χ3v) is 2.85. The Morgan fingerprint density at radius 2 is 2.11 bits per heavy atom. The van der Waals surface area contributed by atoms with Crippen LogP contribution in [0.25, 0.3) is 0 Å². The summed E-state index contributed by atoms with van der Waals surface area (Å²) >= 11 is 0. The van der Waals surface area contributed by atoms with Gasteiger partial charge in [-0.1, -0.05) is 12.1 Å². The van der Waals surface area contributed by atoms with E-state index in [1.54, 1.807) is 12.1 Å². The van der Waals surface area contributed by atoms with Gasteiger partial charge >= 0.3 is 6.36 Å². The summed E-state index contributed by atoms with van der Waals surface area (Å²) in [5.74, 6) is -0.177. The zero-order valence-electron chi connectivity index (χ0n) is 10.2. The minimum absolute atomic E-state index is 0. The summed E-state index contributed by atoms with van der Waals surface area (Å²) in [5.41, 5.74) is 6.57. The Morgan fingerprint density at radius 1 is 1.37 bits per heavy atom. The van der Waals surface area contributed by atoms with Gasteiger partial charge in [-0.3, -0.25) is 4.90 Å². The van der Waals surface area contributed by atoms with Crippen molar-refractivity contribution >= 4 is 12.4 Å². The standard InChI is InChI=1S/C12H15F3N2O.ClH/c13-12(14,15)18-11-3-1-2-9(6-11)7-17-5-4-10(16)8-17;/h1-3,6,10H,4-5,7-8,16H2;1H. The number of hydrogen-bond donors (Lipinski definition) is 1. The van der Waals surface area contributed by atoms with Crippen molar-refractivity contribution in [1.29, 1.82) is 0 Å². The molecule has 1 saturated heterocycles. The molecule has 1 unspecified atom stereocenters. The van der Waals surface area contributed by atoms with E-state index in [0.717, 1.165) is 25.1 Å². The van der Waals surface area contributed by atoms with Gasteiger partial charge in [0, 0.05) is 25.7 Å². The van der Waals surface area contributed by atoms with Gasteiger partial charge in [-0.2, -0.15) is 0 Å². The van der Waals surface area contributed by atoms with Gasteiger partial charge in [0.15, 0.2) is 0 Å². The van der Waals surface area contributed by atoms with E-state index in [-0.39, 0.29) is 24.2 Å². The lowest BCUT2D eigenvalue weighted by Crippen LogP contribution is -2.26. The largest absolute Gasteiger partial charge is 0.573 e. The van der Waals surface area contributed by atoms with Crippen LogP contribution >= 0.6 is 12.4 Å². The monoisotopic (exact) mass is 296 g/mol. The van der Waals surface area contributed by atoms with Gasteiger partial charge in [0.25, 0.3) is 0 Å². The van der Waals surface area contributed by atoms with Gasteiger partial charge in [0.05, 0.1) is 0 Å². The molecule has 0 aromatic heterocycles. The van der Waals surface area contributed by atoms with Gasteiger partial charge in [0.2, 0.25) is 0 Å². The van der Waals surface area contributed by atoms with E-state index in [1.165, 1.54) is 12.1 Å².